The van der Waals surface area contributed by atoms with Crippen molar-refractivity contribution in [3.63, 3.8) is 0 Å². The maximum atomic E-state index is 13.5. The highest BCUT2D eigenvalue weighted by atomic mass is 19.1. The van der Waals surface area contributed by atoms with Crippen LogP contribution in [0, 0.1) is 17.1 Å². The van der Waals surface area contributed by atoms with Gasteiger partial charge in [0.05, 0.1) is 18.4 Å². The number of halogens is 1. The zero-order valence-electron chi connectivity index (χ0n) is 11.2. The Bertz CT molecular complexity index is 738. The predicted octanol–water partition coefficient (Wildman–Crippen LogP) is 2.54. The summed E-state index contributed by atoms with van der Waals surface area (Å²) in [5.41, 5.74) is 6.08. The van der Waals surface area contributed by atoms with Crippen LogP contribution < -0.4 is 15.8 Å². The first kappa shape index (κ1) is 14.3. The highest BCUT2D eigenvalue weighted by Crippen LogP contribution is 2.23. The molecule has 0 saturated carbocycles. The minimum Gasteiger partial charge on any atom is -0.497 e. The molecular weight excluding hydrogens is 273 g/mol. The Morgan fingerprint density at radius 3 is 2.76 bits per heavy atom. The van der Waals surface area contributed by atoms with Crippen molar-refractivity contribution in [2.24, 2.45) is 0 Å². The Balaban J connectivity index is 2.31. The average Bonchev–Trinajstić information content (AvgIpc) is 2.47. The van der Waals surface area contributed by atoms with Crippen LogP contribution in [-0.4, -0.2) is 13.0 Å². The number of amides is 1. The van der Waals surface area contributed by atoms with E-state index in [0.717, 1.165) is 6.07 Å². The van der Waals surface area contributed by atoms with E-state index in [-0.39, 0.29) is 22.5 Å². The van der Waals surface area contributed by atoms with E-state index in [1.54, 1.807) is 12.1 Å². The van der Waals surface area contributed by atoms with Crippen molar-refractivity contribution in [1.82, 2.24) is 0 Å². The van der Waals surface area contributed by atoms with Gasteiger partial charge in [0.1, 0.15) is 23.2 Å². The molecule has 21 heavy (non-hydrogen) atoms. The summed E-state index contributed by atoms with van der Waals surface area (Å²) in [6.45, 7) is 0. The van der Waals surface area contributed by atoms with E-state index in [2.05, 4.69) is 5.32 Å². The number of rotatable bonds is 3. The molecule has 0 bridgehead atoms. The number of benzene rings is 2. The van der Waals surface area contributed by atoms with Crippen molar-refractivity contribution in [2.45, 2.75) is 0 Å². The first-order valence-corrected chi connectivity index (χ1v) is 6.00. The van der Waals surface area contributed by atoms with Crippen molar-refractivity contribution in [3.05, 3.63) is 53.3 Å². The van der Waals surface area contributed by atoms with Gasteiger partial charge in [-0.2, -0.15) is 5.26 Å². The van der Waals surface area contributed by atoms with Crippen LogP contribution in [0.4, 0.5) is 15.8 Å². The van der Waals surface area contributed by atoms with Gasteiger partial charge in [-0.15, -0.1) is 0 Å². The Kier molecular flexibility index (Phi) is 4.05. The first-order chi connectivity index (χ1) is 10.1. The number of nitrogens with zero attached hydrogens (tertiary/aromatic N) is 1. The van der Waals surface area contributed by atoms with Crippen molar-refractivity contribution in [1.29, 1.82) is 5.26 Å². The van der Waals surface area contributed by atoms with Crippen LogP contribution in [-0.2, 0) is 0 Å². The lowest BCUT2D eigenvalue weighted by atomic mass is 10.1. The van der Waals surface area contributed by atoms with Gasteiger partial charge in [-0.25, -0.2) is 4.39 Å². The van der Waals surface area contributed by atoms with Gasteiger partial charge in [-0.3, -0.25) is 4.79 Å². The van der Waals surface area contributed by atoms with E-state index in [0.29, 0.717) is 5.75 Å². The molecule has 0 fully saturated rings. The predicted molar refractivity (Wildman–Crippen MR) is 76.5 cm³/mol. The number of anilines is 2. The molecular formula is C15H12FN3O2. The molecule has 0 saturated heterocycles. The zero-order valence-corrected chi connectivity index (χ0v) is 11.2. The summed E-state index contributed by atoms with van der Waals surface area (Å²) >= 11 is 0. The summed E-state index contributed by atoms with van der Waals surface area (Å²) in [5, 5.41) is 11.4. The molecule has 2 rings (SSSR count). The Hall–Kier alpha value is -3.07. The molecule has 0 aliphatic rings. The van der Waals surface area contributed by atoms with E-state index in [9.17, 15) is 9.18 Å². The average molecular weight is 285 g/mol. The number of nitrogens with two attached hydrogens (primary N) is 1. The molecule has 0 aliphatic carbocycles. The van der Waals surface area contributed by atoms with Gasteiger partial charge in [0.15, 0.2) is 0 Å². The Labute approximate surface area is 120 Å². The lowest BCUT2D eigenvalue weighted by Crippen LogP contribution is -2.15. The number of nitrogen functional groups attached to an aromatic ring is 1. The van der Waals surface area contributed by atoms with Gasteiger partial charge in [0, 0.05) is 11.8 Å². The van der Waals surface area contributed by atoms with Crippen LogP contribution in [0.5, 0.6) is 5.75 Å². The molecule has 2 aromatic carbocycles. The number of hydrogen-bond acceptors (Lipinski definition) is 4. The number of ether oxygens (including phenoxy) is 1. The zero-order chi connectivity index (χ0) is 15.4. The van der Waals surface area contributed by atoms with Crippen molar-refractivity contribution in [3.8, 4) is 11.8 Å². The van der Waals surface area contributed by atoms with Crippen LogP contribution in [0.2, 0.25) is 0 Å². The number of carbonyl (C=O) groups is 1. The second kappa shape index (κ2) is 5.92. The van der Waals surface area contributed by atoms with Gasteiger partial charge in [0.2, 0.25) is 0 Å². The van der Waals surface area contributed by atoms with Gasteiger partial charge >= 0.3 is 0 Å². The summed E-state index contributed by atoms with van der Waals surface area (Å²) in [7, 11) is 1.49. The SMILES string of the molecule is COc1ccc(C(=O)Nc2cccc(F)c2C#N)c(N)c1. The maximum Gasteiger partial charge on any atom is 0.257 e. The molecule has 2 aromatic rings. The molecule has 0 radical (unpaired) electrons. The number of hydrogen-bond donors (Lipinski definition) is 2. The van der Waals surface area contributed by atoms with E-state index in [4.69, 9.17) is 15.7 Å². The highest BCUT2D eigenvalue weighted by molar-refractivity contribution is 6.08. The van der Waals surface area contributed by atoms with Crippen molar-refractivity contribution in [2.75, 3.05) is 18.2 Å². The first-order valence-electron chi connectivity index (χ1n) is 6.00. The molecule has 0 atom stereocenters. The van der Waals surface area contributed by atoms with Gasteiger partial charge in [0.25, 0.3) is 5.91 Å². The molecule has 3 N–H and O–H groups in total. The molecule has 1 amide bonds. The normalized spacial score (nSPS) is 9.76. The smallest absolute Gasteiger partial charge is 0.257 e. The van der Waals surface area contributed by atoms with Crippen LogP contribution in [0.3, 0.4) is 0 Å². The maximum absolute atomic E-state index is 13.5. The molecule has 6 heteroatoms. The minimum absolute atomic E-state index is 0.0951. The highest BCUT2D eigenvalue weighted by Gasteiger charge is 2.14. The summed E-state index contributed by atoms with van der Waals surface area (Å²) in [6, 6.07) is 10.3. The summed E-state index contributed by atoms with van der Waals surface area (Å²) < 4.78 is 18.5. The third kappa shape index (κ3) is 2.92. The molecule has 106 valence electrons. The van der Waals surface area contributed by atoms with Crippen LogP contribution in [0.15, 0.2) is 36.4 Å². The van der Waals surface area contributed by atoms with E-state index in [1.165, 1.54) is 31.4 Å². The monoisotopic (exact) mass is 285 g/mol. The molecule has 0 aliphatic heterocycles. The summed E-state index contributed by atoms with van der Waals surface area (Å²) in [6.07, 6.45) is 0. The fourth-order valence-electron chi connectivity index (χ4n) is 1.81. The fourth-order valence-corrected chi connectivity index (χ4v) is 1.81. The molecule has 0 heterocycles. The number of nitriles is 1. The van der Waals surface area contributed by atoms with Gasteiger partial charge in [-0.05, 0) is 24.3 Å². The van der Waals surface area contributed by atoms with Gasteiger partial charge in [-0.1, -0.05) is 6.07 Å². The third-order valence-corrected chi connectivity index (χ3v) is 2.88. The van der Waals surface area contributed by atoms with Crippen LogP contribution >= 0.6 is 0 Å². The van der Waals surface area contributed by atoms with Crippen molar-refractivity contribution < 1.29 is 13.9 Å². The second-order valence-corrected chi connectivity index (χ2v) is 4.18. The second-order valence-electron chi connectivity index (χ2n) is 4.18. The standard InChI is InChI=1S/C15H12FN3O2/c1-21-9-5-6-10(13(18)7-9)15(20)19-14-4-2-3-12(16)11(14)8-17/h2-7H,18H2,1H3,(H,19,20). The van der Waals surface area contributed by atoms with Gasteiger partial charge < -0.3 is 15.8 Å². The van der Waals surface area contributed by atoms with Crippen molar-refractivity contribution >= 4 is 17.3 Å². The topological polar surface area (TPSA) is 88.1 Å². The van der Waals surface area contributed by atoms with E-state index >= 15 is 0 Å². The van der Waals surface area contributed by atoms with E-state index < -0.39 is 11.7 Å². The molecule has 0 spiro atoms. The summed E-state index contributed by atoms with van der Waals surface area (Å²) in [5.74, 6) is -0.706. The largest absolute Gasteiger partial charge is 0.497 e. The number of methoxy groups -OCH3 is 1. The van der Waals surface area contributed by atoms with Crippen LogP contribution in [0.25, 0.3) is 0 Å². The molecule has 5 nitrogen and oxygen atoms in total. The Morgan fingerprint density at radius 2 is 2.14 bits per heavy atom. The molecule has 0 unspecified atom stereocenters. The number of nitrogens with one attached hydrogen (secondary N) is 1. The lowest BCUT2D eigenvalue weighted by molar-refractivity contribution is 0.102. The van der Waals surface area contributed by atoms with Crippen LogP contribution in [0.1, 0.15) is 15.9 Å². The fraction of sp³-hybridized carbons (Fsp3) is 0.0667. The van der Waals surface area contributed by atoms with E-state index in [1.807, 2.05) is 0 Å². The third-order valence-electron chi connectivity index (χ3n) is 2.88. The molecule has 0 aromatic heterocycles. The Morgan fingerprint density at radius 1 is 1.38 bits per heavy atom. The lowest BCUT2D eigenvalue weighted by Gasteiger charge is -2.10. The minimum atomic E-state index is -0.696. The summed E-state index contributed by atoms with van der Waals surface area (Å²) in [4.78, 5) is 12.2. The number of carbonyl (C=O) groups excluding carboxylic acids is 1. The quantitative estimate of drug-likeness (QED) is 0.848.